The number of amides is 1. The summed E-state index contributed by atoms with van der Waals surface area (Å²) in [5, 5.41) is 0. The van der Waals surface area contributed by atoms with E-state index >= 15 is 0 Å². The maximum Gasteiger partial charge on any atom is 0.255 e. The highest BCUT2D eigenvalue weighted by molar-refractivity contribution is 5.76. The predicted octanol–water partition coefficient (Wildman–Crippen LogP) is 2.04. The lowest BCUT2D eigenvalue weighted by Crippen LogP contribution is -2.38. The zero-order valence-electron chi connectivity index (χ0n) is 16.9. The lowest BCUT2D eigenvalue weighted by molar-refractivity contribution is -0.131. The minimum atomic E-state index is -0.320. The smallest absolute Gasteiger partial charge is 0.255 e. The molecule has 0 radical (unpaired) electrons. The van der Waals surface area contributed by atoms with Gasteiger partial charge in [-0.2, -0.15) is 0 Å². The number of carbonyl (C=O) groups excluding carboxylic acids is 1. The molecule has 7 nitrogen and oxygen atoms in total. The Morgan fingerprint density at radius 2 is 2.10 bits per heavy atom. The number of hydrogen-bond donors (Lipinski definition) is 1. The molecule has 0 atom stereocenters. The quantitative estimate of drug-likeness (QED) is 0.767. The van der Waals surface area contributed by atoms with Gasteiger partial charge in [-0.15, -0.1) is 0 Å². The number of morpholine rings is 1. The number of aryl methyl sites for hydroxylation is 1. The Labute approximate surface area is 169 Å². The van der Waals surface area contributed by atoms with Crippen LogP contribution < -0.4 is 10.5 Å². The Hall–Kier alpha value is -2.74. The van der Waals surface area contributed by atoms with Gasteiger partial charge >= 0.3 is 0 Å². The largest absolute Gasteiger partial charge is 0.378 e. The van der Waals surface area contributed by atoms with Gasteiger partial charge in [-0.3, -0.25) is 14.6 Å². The number of halogens is 1. The van der Waals surface area contributed by atoms with Crippen LogP contribution in [-0.2, 0) is 22.5 Å². The molecule has 1 aliphatic rings. The van der Waals surface area contributed by atoms with Gasteiger partial charge in [0, 0.05) is 43.9 Å². The van der Waals surface area contributed by atoms with Crippen LogP contribution in [0.1, 0.15) is 30.2 Å². The molecule has 3 rings (SSSR count). The molecule has 0 bridgehead atoms. The number of H-pyrrole nitrogens is 1. The maximum absolute atomic E-state index is 13.4. The molecule has 1 aromatic carbocycles. The van der Waals surface area contributed by atoms with Crippen LogP contribution in [0.3, 0.4) is 0 Å². The monoisotopic (exact) mass is 402 g/mol. The maximum atomic E-state index is 13.4. The topological polar surface area (TPSA) is 78.5 Å². The van der Waals surface area contributed by atoms with E-state index in [9.17, 15) is 14.0 Å². The third-order valence-corrected chi connectivity index (χ3v) is 5.11. The summed E-state index contributed by atoms with van der Waals surface area (Å²) in [6, 6.07) is 6.24. The van der Waals surface area contributed by atoms with Crippen molar-refractivity contribution in [3.05, 3.63) is 57.3 Å². The molecule has 8 heteroatoms. The molecule has 2 aromatic rings. The van der Waals surface area contributed by atoms with Crippen molar-refractivity contribution < 1.29 is 13.9 Å². The van der Waals surface area contributed by atoms with Gasteiger partial charge in [-0.1, -0.05) is 12.1 Å². The van der Waals surface area contributed by atoms with Gasteiger partial charge in [-0.25, -0.2) is 9.37 Å². The summed E-state index contributed by atoms with van der Waals surface area (Å²) >= 11 is 0. The summed E-state index contributed by atoms with van der Waals surface area (Å²) in [6.45, 7) is 7.12. The summed E-state index contributed by atoms with van der Waals surface area (Å²) in [5.74, 6) is 0.152. The summed E-state index contributed by atoms with van der Waals surface area (Å²) in [7, 11) is 0. The molecular formula is C21H27FN4O3. The number of benzene rings is 1. The number of ether oxygens (including phenoxy) is 1. The van der Waals surface area contributed by atoms with E-state index in [1.807, 2.05) is 11.8 Å². The molecule has 1 fully saturated rings. The highest BCUT2D eigenvalue weighted by Gasteiger charge is 2.18. The molecule has 0 unspecified atom stereocenters. The Kier molecular flexibility index (Phi) is 6.98. The number of nitrogens with zero attached hydrogens (tertiary/aromatic N) is 3. The third-order valence-electron chi connectivity index (χ3n) is 5.11. The van der Waals surface area contributed by atoms with Crippen molar-refractivity contribution in [3.8, 4) is 0 Å². The van der Waals surface area contributed by atoms with Crippen LogP contribution in [0.5, 0.6) is 0 Å². The number of rotatable bonds is 7. The number of aromatic amines is 1. The van der Waals surface area contributed by atoms with Crippen molar-refractivity contribution in [2.45, 2.75) is 33.2 Å². The van der Waals surface area contributed by atoms with Crippen LogP contribution in [0.4, 0.5) is 10.3 Å². The molecule has 1 amide bonds. The van der Waals surface area contributed by atoms with Crippen molar-refractivity contribution in [2.24, 2.45) is 0 Å². The second kappa shape index (κ2) is 9.65. The highest BCUT2D eigenvalue weighted by atomic mass is 19.1. The molecule has 1 saturated heterocycles. The van der Waals surface area contributed by atoms with Crippen molar-refractivity contribution in [1.29, 1.82) is 0 Å². The minimum Gasteiger partial charge on any atom is -0.378 e. The Balaban J connectivity index is 1.64. The first-order chi connectivity index (χ1) is 14.0. The van der Waals surface area contributed by atoms with E-state index in [2.05, 4.69) is 9.97 Å². The lowest BCUT2D eigenvalue weighted by atomic mass is 10.1. The average Bonchev–Trinajstić information content (AvgIpc) is 2.71. The third kappa shape index (κ3) is 5.41. The summed E-state index contributed by atoms with van der Waals surface area (Å²) in [6.07, 6.45) is 0.516. The van der Waals surface area contributed by atoms with Crippen molar-refractivity contribution in [1.82, 2.24) is 14.9 Å². The fourth-order valence-corrected chi connectivity index (χ4v) is 3.44. The SMILES string of the molecule is CCN(Cc1cccc(F)c1)C(=O)CCc1c(C)nc(N2CCOCC2)[nH]c1=O. The number of anilines is 1. The molecule has 0 saturated carbocycles. The fourth-order valence-electron chi connectivity index (χ4n) is 3.44. The lowest BCUT2D eigenvalue weighted by Gasteiger charge is -2.27. The Morgan fingerprint density at radius 1 is 1.34 bits per heavy atom. The van der Waals surface area contributed by atoms with Crippen molar-refractivity contribution >= 4 is 11.9 Å². The molecule has 0 spiro atoms. The van der Waals surface area contributed by atoms with E-state index in [-0.39, 0.29) is 23.7 Å². The zero-order chi connectivity index (χ0) is 20.8. The van der Waals surface area contributed by atoms with Crippen LogP contribution in [0, 0.1) is 12.7 Å². The Bertz CT molecular complexity index is 909. The van der Waals surface area contributed by atoms with Crippen molar-refractivity contribution in [3.63, 3.8) is 0 Å². The Morgan fingerprint density at radius 3 is 2.76 bits per heavy atom. The molecule has 1 N–H and O–H groups in total. The highest BCUT2D eigenvalue weighted by Crippen LogP contribution is 2.13. The van der Waals surface area contributed by atoms with Gasteiger partial charge in [0.15, 0.2) is 0 Å². The van der Waals surface area contributed by atoms with E-state index in [0.29, 0.717) is 63.0 Å². The average molecular weight is 402 g/mol. The standard InChI is InChI=1S/C21H27FN4O3/c1-3-25(14-16-5-4-6-17(22)13-16)19(27)8-7-18-15(2)23-21(24-20(18)28)26-9-11-29-12-10-26/h4-6,13H,3,7-12,14H2,1-2H3,(H,23,24,28). The second-order valence-corrected chi connectivity index (χ2v) is 7.09. The first kappa shape index (κ1) is 21.0. The van der Waals surface area contributed by atoms with E-state index in [1.54, 1.807) is 24.0 Å². The molecule has 156 valence electrons. The van der Waals surface area contributed by atoms with E-state index in [1.165, 1.54) is 12.1 Å². The van der Waals surface area contributed by atoms with Gasteiger partial charge in [0.1, 0.15) is 5.82 Å². The van der Waals surface area contributed by atoms with Gasteiger partial charge in [0.25, 0.3) is 5.56 Å². The molecule has 1 aromatic heterocycles. The number of aromatic nitrogens is 2. The van der Waals surface area contributed by atoms with E-state index in [4.69, 9.17) is 4.74 Å². The van der Waals surface area contributed by atoms with Crippen LogP contribution in [0.25, 0.3) is 0 Å². The summed E-state index contributed by atoms with van der Waals surface area (Å²) in [5.41, 5.74) is 1.69. The minimum absolute atomic E-state index is 0.0761. The van der Waals surface area contributed by atoms with Crippen LogP contribution >= 0.6 is 0 Å². The predicted molar refractivity (Wildman–Crippen MR) is 108 cm³/mol. The summed E-state index contributed by atoms with van der Waals surface area (Å²) in [4.78, 5) is 36.2. The summed E-state index contributed by atoms with van der Waals surface area (Å²) < 4.78 is 18.7. The number of nitrogens with one attached hydrogen (secondary N) is 1. The van der Waals surface area contributed by atoms with Gasteiger partial charge in [0.05, 0.1) is 13.2 Å². The first-order valence-corrected chi connectivity index (χ1v) is 9.92. The van der Waals surface area contributed by atoms with Gasteiger partial charge in [-0.05, 0) is 38.0 Å². The van der Waals surface area contributed by atoms with Crippen molar-refractivity contribution in [2.75, 3.05) is 37.7 Å². The number of hydrogen-bond acceptors (Lipinski definition) is 5. The van der Waals surface area contributed by atoms with Gasteiger partial charge in [0.2, 0.25) is 11.9 Å². The zero-order valence-corrected chi connectivity index (χ0v) is 16.9. The molecule has 0 aliphatic carbocycles. The van der Waals surface area contributed by atoms with E-state index < -0.39 is 0 Å². The normalized spacial score (nSPS) is 14.1. The van der Waals surface area contributed by atoms with Crippen LogP contribution in [-0.4, -0.2) is 53.6 Å². The van der Waals surface area contributed by atoms with Gasteiger partial charge < -0.3 is 14.5 Å². The second-order valence-electron chi connectivity index (χ2n) is 7.09. The molecule has 1 aliphatic heterocycles. The molecule has 29 heavy (non-hydrogen) atoms. The molecule has 2 heterocycles. The van der Waals surface area contributed by atoms with Crippen LogP contribution in [0.15, 0.2) is 29.1 Å². The first-order valence-electron chi connectivity index (χ1n) is 9.92. The van der Waals surface area contributed by atoms with Crippen LogP contribution in [0.2, 0.25) is 0 Å². The fraction of sp³-hybridized carbons (Fsp3) is 0.476. The molecular weight excluding hydrogens is 375 g/mol. The van der Waals surface area contributed by atoms with E-state index in [0.717, 1.165) is 5.56 Å². The number of carbonyl (C=O) groups is 1.